The van der Waals surface area contributed by atoms with Crippen LogP contribution in [0.25, 0.3) is 0 Å². The van der Waals surface area contributed by atoms with Gasteiger partial charge in [0.2, 0.25) is 6.79 Å². The summed E-state index contributed by atoms with van der Waals surface area (Å²) in [5.74, 6) is 1.63. The molecule has 0 radical (unpaired) electrons. The zero-order valence-electron chi connectivity index (χ0n) is 10.1. The number of nitrogens with one attached hydrogen (secondary N) is 1. The van der Waals surface area contributed by atoms with Crippen LogP contribution in [0.15, 0.2) is 23.6 Å². The molecule has 0 unspecified atom stereocenters. The van der Waals surface area contributed by atoms with Crippen molar-refractivity contribution in [1.82, 2.24) is 4.98 Å². The molecule has 0 atom stereocenters. The van der Waals surface area contributed by atoms with Crippen molar-refractivity contribution in [3.63, 3.8) is 0 Å². The maximum absolute atomic E-state index is 5.33. The van der Waals surface area contributed by atoms with Gasteiger partial charge in [0.15, 0.2) is 11.5 Å². The summed E-state index contributed by atoms with van der Waals surface area (Å²) in [4.78, 5) is 4.43. The Morgan fingerprint density at radius 1 is 1.33 bits per heavy atom. The van der Waals surface area contributed by atoms with E-state index >= 15 is 0 Å². The average Bonchev–Trinajstić information content (AvgIpc) is 2.97. The number of fused-ring (bicyclic) bond motifs is 1. The smallest absolute Gasteiger partial charge is 0.231 e. The highest BCUT2D eigenvalue weighted by Crippen LogP contribution is 2.34. The number of aryl methyl sites for hydroxylation is 1. The standard InChI is InChI=1S/C13H14N2O2S/c1-9-7-18-13(15-9)4-5-14-10-2-3-11-12(6-10)17-8-16-11/h2-3,6-7,14H,4-5,8H2,1H3. The van der Waals surface area contributed by atoms with Crippen LogP contribution < -0.4 is 14.8 Å². The fourth-order valence-corrected chi connectivity index (χ4v) is 2.61. The van der Waals surface area contributed by atoms with E-state index in [1.807, 2.05) is 25.1 Å². The SMILES string of the molecule is Cc1csc(CCNc2ccc3c(c2)OCO3)n1. The second kappa shape index (κ2) is 4.86. The first-order valence-electron chi connectivity index (χ1n) is 5.86. The van der Waals surface area contributed by atoms with Gasteiger partial charge in [-0.2, -0.15) is 0 Å². The van der Waals surface area contributed by atoms with Gasteiger partial charge in [0.05, 0.1) is 5.01 Å². The van der Waals surface area contributed by atoms with E-state index in [1.54, 1.807) is 11.3 Å². The van der Waals surface area contributed by atoms with Crippen LogP contribution in [0.2, 0.25) is 0 Å². The van der Waals surface area contributed by atoms with Gasteiger partial charge in [-0.05, 0) is 19.1 Å². The zero-order valence-corrected chi connectivity index (χ0v) is 10.9. The minimum absolute atomic E-state index is 0.317. The first kappa shape index (κ1) is 11.3. The van der Waals surface area contributed by atoms with E-state index in [-0.39, 0.29) is 0 Å². The van der Waals surface area contributed by atoms with Crippen molar-refractivity contribution in [2.45, 2.75) is 13.3 Å². The molecule has 0 bridgehead atoms. The maximum Gasteiger partial charge on any atom is 0.231 e. The molecular formula is C13H14N2O2S. The van der Waals surface area contributed by atoms with Gasteiger partial charge in [0, 0.05) is 35.8 Å². The number of hydrogen-bond donors (Lipinski definition) is 1. The molecule has 1 aliphatic heterocycles. The molecule has 0 spiro atoms. The number of hydrogen-bond acceptors (Lipinski definition) is 5. The molecule has 4 nitrogen and oxygen atoms in total. The Kier molecular flexibility index (Phi) is 3.06. The Labute approximate surface area is 110 Å². The molecule has 3 rings (SSSR count). The first-order chi connectivity index (χ1) is 8.81. The van der Waals surface area contributed by atoms with Crippen molar-refractivity contribution in [3.05, 3.63) is 34.3 Å². The van der Waals surface area contributed by atoms with Crippen LogP contribution in [-0.2, 0) is 6.42 Å². The lowest BCUT2D eigenvalue weighted by Crippen LogP contribution is -2.04. The fraction of sp³-hybridized carbons (Fsp3) is 0.308. The average molecular weight is 262 g/mol. The third-order valence-corrected chi connectivity index (χ3v) is 3.73. The largest absolute Gasteiger partial charge is 0.454 e. The Bertz CT molecular complexity index is 554. The summed E-state index contributed by atoms with van der Waals surface area (Å²) in [6, 6.07) is 5.90. The van der Waals surface area contributed by atoms with Gasteiger partial charge in [-0.3, -0.25) is 0 Å². The summed E-state index contributed by atoms with van der Waals surface area (Å²) in [5.41, 5.74) is 2.14. The summed E-state index contributed by atoms with van der Waals surface area (Å²) in [5, 5.41) is 6.61. The van der Waals surface area contributed by atoms with Gasteiger partial charge >= 0.3 is 0 Å². The molecule has 0 fully saturated rings. The van der Waals surface area contributed by atoms with Crippen LogP contribution in [0, 0.1) is 6.92 Å². The quantitative estimate of drug-likeness (QED) is 0.920. The number of rotatable bonds is 4. The molecule has 1 aromatic heterocycles. The molecule has 0 saturated carbocycles. The number of ether oxygens (including phenoxy) is 2. The monoisotopic (exact) mass is 262 g/mol. The van der Waals surface area contributed by atoms with Crippen molar-refractivity contribution < 1.29 is 9.47 Å². The van der Waals surface area contributed by atoms with Crippen LogP contribution in [-0.4, -0.2) is 18.3 Å². The van der Waals surface area contributed by atoms with E-state index < -0.39 is 0 Å². The lowest BCUT2D eigenvalue weighted by molar-refractivity contribution is 0.174. The third kappa shape index (κ3) is 2.41. The summed E-state index contributed by atoms with van der Waals surface area (Å²) < 4.78 is 10.6. The van der Waals surface area contributed by atoms with Gasteiger partial charge in [0.1, 0.15) is 0 Å². The predicted octanol–water partition coefficient (Wildman–Crippen LogP) is 2.83. The number of anilines is 1. The molecule has 0 saturated heterocycles. The molecule has 0 aliphatic carbocycles. The number of thiazole rings is 1. The molecule has 94 valence electrons. The van der Waals surface area contributed by atoms with Crippen LogP contribution in [0.5, 0.6) is 11.5 Å². The van der Waals surface area contributed by atoms with E-state index in [2.05, 4.69) is 15.7 Å². The fourth-order valence-electron chi connectivity index (χ4n) is 1.84. The van der Waals surface area contributed by atoms with Gasteiger partial charge in [-0.25, -0.2) is 4.98 Å². The van der Waals surface area contributed by atoms with E-state index in [0.29, 0.717) is 6.79 Å². The van der Waals surface area contributed by atoms with Crippen molar-refractivity contribution in [3.8, 4) is 11.5 Å². The highest BCUT2D eigenvalue weighted by molar-refractivity contribution is 7.09. The minimum Gasteiger partial charge on any atom is -0.454 e. The van der Waals surface area contributed by atoms with Crippen LogP contribution in [0.3, 0.4) is 0 Å². The molecule has 1 aromatic carbocycles. The summed E-state index contributed by atoms with van der Waals surface area (Å²) in [6.07, 6.45) is 0.937. The highest BCUT2D eigenvalue weighted by atomic mass is 32.1. The van der Waals surface area contributed by atoms with E-state index in [1.165, 1.54) is 5.01 Å². The second-order valence-electron chi connectivity index (χ2n) is 4.13. The van der Waals surface area contributed by atoms with Crippen molar-refractivity contribution in [2.75, 3.05) is 18.7 Å². The molecular weight excluding hydrogens is 248 g/mol. The second-order valence-corrected chi connectivity index (χ2v) is 5.07. The Morgan fingerprint density at radius 3 is 3.06 bits per heavy atom. The first-order valence-corrected chi connectivity index (χ1v) is 6.74. The van der Waals surface area contributed by atoms with Gasteiger partial charge in [0.25, 0.3) is 0 Å². The summed E-state index contributed by atoms with van der Waals surface area (Å²) in [7, 11) is 0. The molecule has 0 amide bonds. The number of benzene rings is 1. The van der Waals surface area contributed by atoms with Gasteiger partial charge < -0.3 is 14.8 Å². The van der Waals surface area contributed by atoms with E-state index in [9.17, 15) is 0 Å². The molecule has 2 aromatic rings. The zero-order chi connectivity index (χ0) is 12.4. The Balaban J connectivity index is 1.57. The lowest BCUT2D eigenvalue weighted by Gasteiger charge is -2.05. The minimum atomic E-state index is 0.317. The third-order valence-electron chi connectivity index (χ3n) is 2.71. The topological polar surface area (TPSA) is 43.4 Å². The molecule has 1 aliphatic rings. The van der Waals surface area contributed by atoms with E-state index in [4.69, 9.17) is 9.47 Å². The van der Waals surface area contributed by atoms with Crippen molar-refractivity contribution in [1.29, 1.82) is 0 Å². The lowest BCUT2D eigenvalue weighted by atomic mass is 10.2. The Morgan fingerprint density at radius 2 is 2.22 bits per heavy atom. The number of aromatic nitrogens is 1. The summed E-state index contributed by atoms with van der Waals surface area (Å²) in [6.45, 7) is 3.20. The Hall–Kier alpha value is -1.75. The van der Waals surface area contributed by atoms with Gasteiger partial charge in [-0.1, -0.05) is 0 Å². The predicted molar refractivity (Wildman–Crippen MR) is 71.6 cm³/mol. The normalized spacial score (nSPS) is 12.7. The molecule has 2 heterocycles. The van der Waals surface area contributed by atoms with Gasteiger partial charge in [-0.15, -0.1) is 11.3 Å². The maximum atomic E-state index is 5.33. The van der Waals surface area contributed by atoms with Crippen molar-refractivity contribution >= 4 is 17.0 Å². The summed E-state index contributed by atoms with van der Waals surface area (Å²) >= 11 is 1.71. The molecule has 1 N–H and O–H groups in total. The molecule has 18 heavy (non-hydrogen) atoms. The van der Waals surface area contributed by atoms with Crippen LogP contribution in [0.1, 0.15) is 10.7 Å². The van der Waals surface area contributed by atoms with Crippen LogP contribution in [0.4, 0.5) is 5.69 Å². The number of nitrogens with zero attached hydrogens (tertiary/aromatic N) is 1. The highest BCUT2D eigenvalue weighted by Gasteiger charge is 2.12. The molecule has 5 heteroatoms. The van der Waals surface area contributed by atoms with E-state index in [0.717, 1.165) is 35.8 Å². The van der Waals surface area contributed by atoms with Crippen LogP contribution >= 0.6 is 11.3 Å². The van der Waals surface area contributed by atoms with Crippen molar-refractivity contribution in [2.24, 2.45) is 0 Å².